The van der Waals surface area contributed by atoms with Crippen molar-refractivity contribution in [2.24, 2.45) is 0 Å². The highest BCUT2D eigenvalue weighted by Gasteiger charge is 2.32. The van der Waals surface area contributed by atoms with Crippen LogP contribution in [-0.2, 0) is 10.0 Å². The number of carbonyl (C=O) groups excluding carboxylic acids is 1. The standard InChI is InChI=1S/C13H21N3O4S/c1-9-11(7-12(20-9)21(18,19)15-3)13(17)16-6-4-5-10(16)8-14-2/h7,10,14-15H,4-6,8H2,1-3H3. The zero-order valence-corrected chi connectivity index (χ0v) is 13.3. The fourth-order valence-electron chi connectivity index (χ4n) is 2.61. The van der Waals surface area contributed by atoms with Crippen LogP contribution < -0.4 is 10.0 Å². The molecule has 1 unspecified atom stereocenters. The number of hydrogen-bond acceptors (Lipinski definition) is 5. The Balaban J connectivity index is 2.28. The van der Waals surface area contributed by atoms with Crippen molar-refractivity contribution in [2.75, 3.05) is 27.2 Å². The summed E-state index contributed by atoms with van der Waals surface area (Å²) in [4.78, 5) is 14.4. The van der Waals surface area contributed by atoms with E-state index in [0.717, 1.165) is 19.4 Å². The van der Waals surface area contributed by atoms with Gasteiger partial charge < -0.3 is 14.6 Å². The third kappa shape index (κ3) is 3.12. The molecule has 1 saturated heterocycles. The molecule has 2 N–H and O–H groups in total. The summed E-state index contributed by atoms with van der Waals surface area (Å²) in [6.07, 6.45) is 1.90. The van der Waals surface area contributed by atoms with Crippen molar-refractivity contribution in [3.8, 4) is 0 Å². The number of likely N-dealkylation sites (N-methyl/N-ethyl adjacent to an activating group) is 1. The summed E-state index contributed by atoms with van der Waals surface area (Å²) >= 11 is 0. The van der Waals surface area contributed by atoms with E-state index in [4.69, 9.17) is 4.42 Å². The van der Waals surface area contributed by atoms with E-state index in [1.54, 1.807) is 11.8 Å². The van der Waals surface area contributed by atoms with Crippen LogP contribution in [0, 0.1) is 6.92 Å². The molecule has 0 saturated carbocycles. The first-order valence-corrected chi connectivity index (χ1v) is 8.38. The molecule has 1 fully saturated rings. The van der Waals surface area contributed by atoms with Crippen LogP contribution >= 0.6 is 0 Å². The highest BCUT2D eigenvalue weighted by Crippen LogP contribution is 2.24. The van der Waals surface area contributed by atoms with Crippen LogP contribution in [0.25, 0.3) is 0 Å². The lowest BCUT2D eigenvalue weighted by Gasteiger charge is -2.24. The number of aryl methyl sites for hydroxylation is 1. The predicted octanol–water partition coefficient (Wildman–Crippen LogP) is 0.320. The molecular weight excluding hydrogens is 294 g/mol. The monoisotopic (exact) mass is 315 g/mol. The van der Waals surface area contributed by atoms with Crippen LogP contribution in [0.4, 0.5) is 0 Å². The van der Waals surface area contributed by atoms with Crippen molar-refractivity contribution < 1.29 is 17.6 Å². The number of sulfonamides is 1. The lowest BCUT2D eigenvalue weighted by atomic mass is 10.2. The van der Waals surface area contributed by atoms with Crippen LogP contribution in [0.15, 0.2) is 15.6 Å². The second kappa shape index (κ2) is 6.17. The van der Waals surface area contributed by atoms with E-state index < -0.39 is 10.0 Å². The Labute approximate surface area is 124 Å². The third-order valence-corrected chi connectivity index (χ3v) is 5.01. The minimum Gasteiger partial charge on any atom is -0.448 e. The second-order valence-corrected chi connectivity index (χ2v) is 6.91. The van der Waals surface area contributed by atoms with Crippen molar-refractivity contribution in [3.63, 3.8) is 0 Å². The number of hydrogen-bond donors (Lipinski definition) is 2. The van der Waals surface area contributed by atoms with Crippen LogP contribution in [0.5, 0.6) is 0 Å². The molecule has 0 aliphatic carbocycles. The van der Waals surface area contributed by atoms with Gasteiger partial charge in [0, 0.05) is 25.2 Å². The fourth-order valence-corrected chi connectivity index (χ4v) is 3.31. The lowest BCUT2D eigenvalue weighted by Crippen LogP contribution is -2.40. The van der Waals surface area contributed by atoms with Gasteiger partial charge in [-0.3, -0.25) is 4.79 Å². The molecule has 118 valence electrons. The molecule has 0 radical (unpaired) electrons. The van der Waals surface area contributed by atoms with Crippen LogP contribution in [0.1, 0.15) is 29.0 Å². The molecule has 1 aliphatic rings. The van der Waals surface area contributed by atoms with Gasteiger partial charge in [0.15, 0.2) is 0 Å². The number of carbonyl (C=O) groups is 1. The highest BCUT2D eigenvalue weighted by atomic mass is 32.2. The number of furan rings is 1. The summed E-state index contributed by atoms with van der Waals surface area (Å²) in [6.45, 7) is 3.01. The summed E-state index contributed by atoms with van der Waals surface area (Å²) in [5, 5.41) is 2.85. The summed E-state index contributed by atoms with van der Waals surface area (Å²) < 4.78 is 30.9. The van der Waals surface area contributed by atoms with Gasteiger partial charge in [0.2, 0.25) is 5.09 Å². The van der Waals surface area contributed by atoms with Gasteiger partial charge in [-0.15, -0.1) is 0 Å². The van der Waals surface area contributed by atoms with Gasteiger partial charge in [-0.1, -0.05) is 0 Å². The molecule has 0 spiro atoms. The maximum Gasteiger partial charge on any atom is 0.273 e. The Morgan fingerprint density at radius 3 is 2.81 bits per heavy atom. The quantitative estimate of drug-likeness (QED) is 0.816. The zero-order valence-electron chi connectivity index (χ0n) is 12.5. The van der Waals surface area contributed by atoms with Crippen molar-refractivity contribution >= 4 is 15.9 Å². The van der Waals surface area contributed by atoms with Crippen molar-refractivity contribution in [1.29, 1.82) is 0 Å². The minimum atomic E-state index is -3.68. The van der Waals surface area contributed by atoms with Gasteiger partial charge in [0.1, 0.15) is 5.76 Å². The third-order valence-electron chi connectivity index (χ3n) is 3.74. The number of rotatable bonds is 5. The van der Waals surface area contributed by atoms with Gasteiger partial charge >= 0.3 is 0 Å². The lowest BCUT2D eigenvalue weighted by molar-refractivity contribution is 0.0735. The number of nitrogens with one attached hydrogen (secondary N) is 2. The molecule has 1 amide bonds. The second-order valence-electron chi connectivity index (χ2n) is 5.10. The Morgan fingerprint density at radius 2 is 2.19 bits per heavy atom. The summed E-state index contributed by atoms with van der Waals surface area (Å²) in [7, 11) is -0.528. The molecule has 1 aliphatic heterocycles. The SMILES string of the molecule is CNCC1CCCN1C(=O)c1cc(S(=O)(=O)NC)oc1C. The Bertz CT molecular complexity index is 623. The van der Waals surface area contributed by atoms with Gasteiger partial charge in [-0.05, 0) is 33.9 Å². The van der Waals surface area contributed by atoms with E-state index in [9.17, 15) is 13.2 Å². The maximum atomic E-state index is 12.6. The summed E-state index contributed by atoms with van der Waals surface area (Å²) in [5.41, 5.74) is 0.312. The highest BCUT2D eigenvalue weighted by molar-refractivity contribution is 7.89. The first kappa shape index (κ1) is 16.0. The van der Waals surface area contributed by atoms with Crippen LogP contribution in [0.3, 0.4) is 0 Å². The van der Waals surface area contributed by atoms with Crippen LogP contribution in [-0.4, -0.2) is 52.5 Å². The first-order valence-electron chi connectivity index (χ1n) is 6.90. The van der Waals surface area contributed by atoms with E-state index in [1.165, 1.54) is 13.1 Å². The number of likely N-dealkylation sites (tertiary alicyclic amines) is 1. The van der Waals surface area contributed by atoms with Gasteiger partial charge in [-0.2, -0.15) is 0 Å². The Kier molecular flexibility index (Phi) is 4.70. The molecule has 0 bridgehead atoms. The van der Waals surface area contributed by atoms with Crippen molar-refractivity contribution in [3.05, 3.63) is 17.4 Å². The molecular formula is C13H21N3O4S. The van der Waals surface area contributed by atoms with E-state index in [0.29, 0.717) is 17.9 Å². The summed E-state index contributed by atoms with van der Waals surface area (Å²) in [6, 6.07) is 1.44. The van der Waals surface area contributed by atoms with Crippen molar-refractivity contribution in [2.45, 2.75) is 30.9 Å². The van der Waals surface area contributed by atoms with Gasteiger partial charge in [0.25, 0.3) is 15.9 Å². The minimum absolute atomic E-state index is 0.140. The molecule has 0 aromatic carbocycles. The molecule has 2 rings (SSSR count). The average Bonchev–Trinajstić information content (AvgIpc) is 3.05. The van der Waals surface area contributed by atoms with Gasteiger partial charge in [-0.25, -0.2) is 13.1 Å². The van der Waals surface area contributed by atoms with E-state index in [-0.39, 0.29) is 17.0 Å². The van der Waals surface area contributed by atoms with E-state index in [1.807, 2.05) is 7.05 Å². The van der Waals surface area contributed by atoms with Gasteiger partial charge in [0.05, 0.1) is 5.56 Å². The predicted molar refractivity (Wildman–Crippen MR) is 77.7 cm³/mol. The zero-order chi connectivity index (χ0) is 15.6. The van der Waals surface area contributed by atoms with E-state index in [2.05, 4.69) is 10.0 Å². The van der Waals surface area contributed by atoms with E-state index >= 15 is 0 Å². The number of amides is 1. The maximum absolute atomic E-state index is 12.6. The normalized spacial score (nSPS) is 19.2. The molecule has 21 heavy (non-hydrogen) atoms. The number of nitrogens with zero attached hydrogens (tertiary/aromatic N) is 1. The molecule has 2 heterocycles. The smallest absolute Gasteiger partial charge is 0.273 e. The molecule has 1 aromatic heterocycles. The topological polar surface area (TPSA) is 91.7 Å². The fraction of sp³-hybridized carbons (Fsp3) is 0.615. The summed E-state index contributed by atoms with van der Waals surface area (Å²) in [5.74, 6) is 0.149. The molecule has 1 aromatic rings. The average molecular weight is 315 g/mol. The molecule has 7 nitrogen and oxygen atoms in total. The first-order chi connectivity index (χ1) is 9.90. The van der Waals surface area contributed by atoms with Crippen molar-refractivity contribution in [1.82, 2.24) is 14.9 Å². The largest absolute Gasteiger partial charge is 0.448 e. The molecule has 1 atom stereocenters. The molecule has 8 heteroatoms. The van der Waals surface area contributed by atoms with Crippen LogP contribution in [0.2, 0.25) is 0 Å². The Morgan fingerprint density at radius 1 is 1.48 bits per heavy atom. The Hall–Kier alpha value is -1.38.